The van der Waals surface area contributed by atoms with Gasteiger partial charge in [0.25, 0.3) is 11.1 Å². The molecule has 5 rings (SSSR count). The van der Waals surface area contributed by atoms with Crippen molar-refractivity contribution in [2.45, 2.75) is 13.8 Å². The molecule has 33 heavy (non-hydrogen) atoms. The molecule has 0 saturated carbocycles. The van der Waals surface area contributed by atoms with Gasteiger partial charge in [0.05, 0.1) is 37.9 Å². The first-order chi connectivity index (χ1) is 15.8. The number of fused-ring (bicyclic) bond motifs is 3. The molecule has 0 fully saturated rings. The number of para-hydroxylation sites is 2. The zero-order valence-corrected chi connectivity index (χ0v) is 19.0. The second-order valence-corrected chi connectivity index (χ2v) is 8.44. The van der Waals surface area contributed by atoms with Crippen molar-refractivity contribution in [3.63, 3.8) is 0 Å². The van der Waals surface area contributed by atoms with E-state index in [2.05, 4.69) is 16.2 Å². The molecule has 0 saturated heterocycles. The molecule has 0 aliphatic carbocycles. The lowest BCUT2D eigenvalue weighted by Crippen LogP contribution is -2.34. The van der Waals surface area contributed by atoms with Gasteiger partial charge in [0.15, 0.2) is 5.65 Å². The van der Waals surface area contributed by atoms with E-state index in [0.29, 0.717) is 49.2 Å². The second-order valence-electron chi connectivity index (χ2n) is 7.62. The number of halogens is 2. The molecule has 9 heteroatoms. The highest BCUT2D eigenvalue weighted by atomic mass is 35.5. The fraction of sp³-hybridized carbons (Fsp3) is 0.0833. The highest BCUT2D eigenvalue weighted by Gasteiger charge is 2.18. The number of aromatic amines is 1. The van der Waals surface area contributed by atoms with Crippen LogP contribution in [0.25, 0.3) is 28.4 Å². The van der Waals surface area contributed by atoms with Crippen LogP contribution in [0.1, 0.15) is 22.4 Å². The fourth-order valence-corrected chi connectivity index (χ4v) is 4.26. The molecule has 7 nitrogen and oxygen atoms in total. The van der Waals surface area contributed by atoms with Crippen molar-refractivity contribution in [2.24, 2.45) is 0 Å². The van der Waals surface area contributed by atoms with Crippen LogP contribution >= 0.6 is 23.2 Å². The molecular formula is C24H15Cl2N5O2. The van der Waals surface area contributed by atoms with Crippen molar-refractivity contribution in [3.05, 3.63) is 101 Å². The number of aryl methyl sites for hydroxylation is 1. The smallest absolute Gasteiger partial charge is 0.278 e. The van der Waals surface area contributed by atoms with Crippen LogP contribution in [0.15, 0.2) is 52.1 Å². The number of hydrogen-bond acceptors (Lipinski definition) is 4. The van der Waals surface area contributed by atoms with Crippen LogP contribution < -0.4 is 16.3 Å². The summed E-state index contributed by atoms with van der Waals surface area (Å²) in [7, 11) is 0. The fourth-order valence-electron chi connectivity index (χ4n) is 3.97. The lowest BCUT2D eigenvalue weighted by atomic mass is 10.1. The molecule has 3 heterocycles. The van der Waals surface area contributed by atoms with E-state index in [1.54, 1.807) is 50.2 Å². The Morgan fingerprint density at radius 2 is 1.82 bits per heavy atom. The monoisotopic (exact) mass is 475 g/mol. The van der Waals surface area contributed by atoms with Crippen LogP contribution in [0.5, 0.6) is 0 Å². The van der Waals surface area contributed by atoms with Gasteiger partial charge < -0.3 is 0 Å². The number of H-pyrrole nitrogens is 1. The molecular weight excluding hydrogens is 461 g/mol. The third kappa shape index (κ3) is 3.15. The molecule has 0 aliphatic rings. The average Bonchev–Trinajstić information content (AvgIpc) is 3.31. The molecule has 0 aliphatic heterocycles. The van der Waals surface area contributed by atoms with Crippen molar-refractivity contribution in [2.75, 3.05) is 0 Å². The first-order valence-corrected chi connectivity index (χ1v) is 10.7. The number of benzene rings is 2. The summed E-state index contributed by atoms with van der Waals surface area (Å²) in [6.07, 6.45) is 1.52. The minimum absolute atomic E-state index is 0.252. The van der Waals surface area contributed by atoms with Crippen LogP contribution in [-0.2, 0) is 0 Å². The minimum Gasteiger partial charge on any atom is -0.295 e. The van der Waals surface area contributed by atoms with Gasteiger partial charge in [0.1, 0.15) is 6.07 Å². The van der Waals surface area contributed by atoms with E-state index < -0.39 is 0 Å². The topological polar surface area (TPSA) is 95.9 Å². The third-order valence-electron chi connectivity index (χ3n) is 5.68. The van der Waals surface area contributed by atoms with Gasteiger partial charge in [-0.1, -0.05) is 35.3 Å². The van der Waals surface area contributed by atoms with Gasteiger partial charge in [-0.2, -0.15) is 5.26 Å². The number of hydrogen-bond donors (Lipinski definition) is 1. The molecule has 0 unspecified atom stereocenters. The molecule has 5 aromatic rings. The van der Waals surface area contributed by atoms with E-state index >= 15 is 0 Å². The largest absolute Gasteiger partial charge is 0.295 e. The summed E-state index contributed by atoms with van der Waals surface area (Å²) in [5.41, 5.74) is 2.91. The number of aromatic nitrogens is 4. The van der Waals surface area contributed by atoms with Gasteiger partial charge in [0.2, 0.25) is 0 Å². The number of pyridine rings is 1. The molecule has 3 aromatic heterocycles. The average molecular weight is 476 g/mol. The Morgan fingerprint density at radius 3 is 2.55 bits per heavy atom. The Kier molecular flexibility index (Phi) is 4.85. The normalized spacial score (nSPS) is 12.0. The van der Waals surface area contributed by atoms with Crippen LogP contribution in [0, 0.1) is 25.2 Å². The van der Waals surface area contributed by atoms with Crippen molar-refractivity contribution in [3.8, 4) is 11.8 Å². The number of rotatable bonds is 2. The van der Waals surface area contributed by atoms with Gasteiger partial charge in [-0.15, -0.1) is 0 Å². The summed E-state index contributed by atoms with van der Waals surface area (Å²) in [4.78, 5) is 31.2. The molecule has 0 atom stereocenters. The number of imidazole rings is 1. The van der Waals surface area contributed by atoms with E-state index in [1.807, 2.05) is 6.07 Å². The summed E-state index contributed by atoms with van der Waals surface area (Å²) >= 11 is 12.1. The SMILES string of the molecule is Cc1[nH]n(-c2ccc(Cl)c(Cl)c2)c(=O)c1/C=c1/c(C)c(C#N)c2nc3ccccc3n2c1=O. The van der Waals surface area contributed by atoms with E-state index in [-0.39, 0.29) is 21.9 Å². The number of nitrogens with zero attached hydrogens (tertiary/aromatic N) is 4. The highest BCUT2D eigenvalue weighted by Crippen LogP contribution is 2.24. The molecule has 2 aromatic carbocycles. The van der Waals surface area contributed by atoms with E-state index in [9.17, 15) is 14.9 Å². The first kappa shape index (κ1) is 21.0. The van der Waals surface area contributed by atoms with Crippen molar-refractivity contribution in [1.82, 2.24) is 19.2 Å². The Morgan fingerprint density at radius 1 is 1.06 bits per heavy atom. The zero-order valence-electron chi connectivity index (χ0n) is 17.5. The quantitative estimate of drug-likeness (QED) is 0.421. The Balaban J connectivity index is 1.84. The van der Waals surface area contributed by atoms with Gasteiger partial charge in [-0.25, -0.2) is 9.67 Å². The molecule has 1 N–H and O–H groups in total. The highest BCUT2D eigenvalue weighted by molar-refractivity contribution is 6.42. The maximum absolute atomic E-state index is 13.5. The minimum atomic E-state index is -0.362. The standard InChI is InChI=1S/C24H15Cl2N5O2/c1-12-15(23(32)30-21-6-4-3-5-20(21)28-22(30)17(12)11-27)10-16-13(2)29-31(24(16)33)14-7-8-18(25)19(26)9-14/h3-10,29H,1-2H3/b15-10-. The second kappa shape index (κ2) is 7.62. The maximum Gasteiger partial charge on any atom is 0.278 e. The third-order valence-corrected chi connectivity index (χ3v) is 6.41. The van der Waals surface area contributed by atoms with Crippen LogP contribution in [0.3, 0.4) is 0 Å². The Hall–Kier alpha value is -3.86. The van der Waals surface area contributed by atoms with Crippen LogP contribution in [-0.4, -0.2) is 19.2 Å². The summed E-state index contributed by atoms with van der Waals surface area (Å²) in [6, 6.07) is 14.2. The zero-order chi connectivity index (χ0) is 23.4. The molecule has 0 bridgehead atoms. The number of nitriles is 1. The summed E-state index contributed by atoms with van der Waals surface area (Å²) in [6.45, 7) is 3.42. The summed E-state index contributed by atoms with van der Waals surface area (Å²) in [5.74, 6) is 0. The van der Waals surface area contributed by atoms with Crippen LogP contribution in [0.4, 0.5) is 0 Å². The lowest BCUT2D eigenvalue weighted by molar-refractivity contribution is 0.835. The molecule has 0 amide bonds. The van der Waals surface area contributed by atoms with Gasteiger partial charge in [-0.3, -0.25) is 19.1 Å². The predicted octanol–water partition coefficient (Wildman–Crippen LogP) is 3.67. The Bertz CT molecular complexity index is 1820. The van der Waals surface area contributed by atoms with Gasteiger partial charge in [0, 0.05) is 10.9 Å². The Labute approximate surface area is 196 Å². The van der Waals surface area contributed by atoms with E-state index in [0.717, 1.165) is 0 Å². The predicted molar refractivity (Wildman–Crippen MR) is 128 cm³/mol. The van der Waals surface area contributed by atoms with Crippen molar-refractivity contribution in [1.29, 1.82) is 5.26 Å². The number of nitrogens with one attached hydrogen (secondary N) is 1. The van der Waals surface area contributed by atoms with Crippen LogP contribution in [0.2, 0.25) is 10.0 Å². The van der Waals surface area contributed by atoms with Gasteiger partial charge in [-0.05, 0) is 55.8 Å². The lowest BCUT2D eigenvalue weighted by Gasteiger charge is -2.03. The maximum atomic E-state index is 13.5. The van der Waals surface area contributed by atoms with E-state index in [1.165, 1.54) is 15.2 Å². The van der Waals surface area contributed by atoms with E-state index in [4.69, 9.17) is 23.2 Å². The summed E-state index contributed by atoms with van der Waals surface area (Å²) in [5, 5.41) is 13.8. The molecule has 0 spiro atoms. The van der Waals surface area contributed by atoms with Gasteiger partial charge >= 0.3 is 0 Å². The van der Waals surface area contributed by atoms with Crippen molar-refractivity contribution < 1.29 is 0 Å². The molecule has 0 radical (unpaired) electrons. The first-order valence-electron chi connectivity index (χ1n) is 9.94. The van der Waals surface area contributed by atoms with Crippen molar-refractivity contribution >= 4 is 46.0 Å². The summed E-state index contributed by atoms with van der Waals surface area (Å²) < 4.78 is 2.76. The molecule has 162 valence electrons.